The van der Waals surface area contributed by atoms with Crippen molar-refractivity contribution in [3.8, 4) is 16.9 Å². The average molecular weight is 317 g/mol. The summed E-state index contributed by atoms with van der Waals surface area (Å²) in [5, 5.41) is 0. The van der Waals surface area contributed by atoms with Gasteiger partial charge in [-0.1, -0.05) is 36.4 Å². The van der Waals surface area contributed by atoms with Gasteiger partial charge < -0.3 is 4.74 Å². The van der Waals surface area contributed by atoms with Gasteiger partial charge in [-0.15, -0.1) is 0 Å². The van der Waals surface area contributed by atoms with E-state index in [0.717, 1.165) is 28.1 Å². The van der Waals surface area contributed by atoms with Crippen molar-refractivity contribution in [2.24, 2.45) is 0 Å². The highest BCUT2D eigenvalue weighted by Gasteiger charge is 2.11. The Morgan fingerprint density at radius 2 is 1.83 bits per heavy atom. The SMILES string of the molecule is CC(=O)c1ccc(OCc2ccccc2)c(-c2ccc(C)nc2)c1. The lowest BCUT2D eigenvalue weighted by atomic mass is 10.0. The second-order valence-corrected chi connectivity index (χ2v) is 5.73. The number of rotatable bonds is 5. The molecular formula is C21H19NO2. The van der Waals surface area contributed by atoms with Crippen molar-refractivity contribution in [3.63, 3.8) is 0 Å². The minimum absolute atomic E-state index is 0.0333. The van der Waals surface area contributed by atoms with E-state index in [4.69, 9.17) is 4.74 Å². The molecule has 1 heterocycles. The van der Waals surface area contributed by atoms with Crippen LogP contribution in [0.15, 0.2) is 66.9 Å². The van der Waals surface area contributed by atoms with E-state index in [1.54, 1.807) is 13.0 Å². The maximum atomic E-state index is 11.7. The van der Waals surface area contributed by atoms with E-state index in [0.29, 0.717) is 12.2 Å². The Balaban J connectivity index is 1.95. The third kappa shape index (κ3) is 3.69. The first-order chi connectivity index (χ1) is 11.6. The summed E-state index contributed by atoms with van der Waals surface area (Å²) in [5.41, 5.74) is 4.53. The van der Waals surface area contributed by atoms with Crippen LogP contribution in [0.5, 0.6) is 5.75 Å². The van der Waals surface area contributed by atoms with E-state index in [2.05, 4.69) is 4.98 Å². The minimum atomic E-state index is 0.0333. The lowest BCUT2D eigenvalue weighted by Crippen LogP contribution is -1.99. The van der Waals surface area contributed by atoms with E-state index < -0.39 is 0 Å². The number of aryl methyl sites for hydroxylation is 1. The number of carbonyl (C=O) groups is 1. The lowest BCUT2D eigenvalue weighted by Gasteiger charge is -2.13. The van der Waals surface area contributed by atoms with Crippen molar-refractivity contribution in [3.05, 3.63) is 83.7 Å². The maximum absolute atomic E-state index is 11.7. The van der Waals surface area contributed by atoms with Crippen molar-refractivity contribution >= 4 is 5.78 Å². The molecular weight excluding hydrogens is 298 g/mol. The zero-order chi connectivity index (χ0) is 16.9. The molecule has 0 radical (unpaired) electrons. The van der Waals surface area contributed by atoms with Crippen LogP contribution in [-0.4, -0.2) is 10.8 Å². The molecule has 3 heteroatoms. The number of aromatic nitrogens is 1. The van der Waals surface area contributed by atoms with Crippen LogP contribution >= 0.6 is 0 Å². The fourth-order valence-corrected chi connectivity index (χ4v) is 2.46. The van der Waals surface area contributed by atoms with Gasteiger partial charge in [-0.05, 0) is 43.7 Å². The van der Waals surface area contributed by atoms with Crippen LogP contribution in [0.25, 0.3) is 11.1 Å². The number of ether oxygens (including phenoxy) is 1. The maximum Gasteiger partial charge on any atom is 0.159 e. The van der Waals surface area contributed by atoms with Gasteiger partial charge in [0.1, 0.15) is 12.4 Å². The monoisotopic (exact) mass is 317 g/mol. The van der Waals surface area contributed by atoms with Crippen LogP contribution in [-0.2, 0) is 6.61 Å². The standard InChI is InChI=1S/C21H19NO2/c1-15-8-9-19(13-22-15)20-12-18(16(2)23)10-11-21(20)24-14-17-6-4-3-5-7-17/h3-13H,14H2,1-2H3. The molecule has 120 valence electrons. The molecule has 0 unspecified atom stereocenters. The smallest absolute Gasteiger partial charge is 0.159 e. The van der Waals surface area contributed by atoms with Crippen molar-refractivity contribution < 1.29 is 9.53 Å². The number of carbonyl (C=O) groups excluding carboxylic acids is 1. The normalized spacial score (nSPS) is 10.4. The average Bonchev–Trinajstić information content (AvgIpc) is 2.61. The second-order valence-electron chi connectivity index (χ2n) is 5.73. The third-order valence-electron chi connectivity index (χ3n) is 3.85. The van der Waals surface area contributed by atoms with Crippen LogP contribution in [0, 0.1) is 6.92 Å². The molecule has 0 bridgehead atoms. The first kappa shape index (κ1) is 15.9. The van der Waals surface area contributed by atoms with Gasteiger partial charge in [0.15, 0.2) is 5.78 Å². The summed E-state index contributed by atoms with van der Waals surface area (Å²) in [6, 6.07) is 19.5. The number of nitrogens with zero attached hydrogens (tertiary/aromatic N) is 1. The zero-order valence-corrected chi connectivity index (χ0v) is 13.8. The molecule has 0 saturated carbocycles. The highest BCUT2D eigenvalue weighted by atomic mass is 16.5. The van der Waals surface area contributed by atoms with E-state index in [1.807, 2.05) is 67.7 Å². The largest absolute Gasteiger partial charge is 0.488 e. The van der Waals surface area contributed by atoms with Gasteiger partial charge >= 0.3 is 0 Å². The van der Waals surface area contributed by atoms with Crippen molar-refractivity contribution in [1.82, 2.24) is 4.98 Å². The first-order valence-corrected chi connectivity index (χ1v) is 7.88. The molecule has 0 aliphatic heterocycles. The molecule has 3 rings (SSSR count). The van der Waals surface area contributed by atoms with E-state index >= 15 is 0 Å². The topological polar surface area (TPSA) is 39.2 Å². The van der Waals surface area contributed by atoms with Crippen molar-refractivity contribution in [1.29, 1.82) is 0 Å². The summed E-state index contributed by atoms with van der Waals surface area (Å²) < 4.78 is 6.00. The summed E-state index contributed by atoms with van der Waals surface area (Å²) in [7, 11) is 0. The van der Waals surface area contributed by atoms with Crippen LogP contribution in [0.4, 0.5) is 0 Å². The van der Waals surface area contributed by atoms with E-state index in [9.17, 15) is 4.79 Å². The summed E-state index contributed by atoms with van der Waals surface area (Å²) in [5.74, 6) is 0.778. The quantitative estimate of drug-likeness (QED) is 0.632. The van der Waals surface area contributed by atoms with Crippen molar-refractivity contribution in [2.45, 2.75) is 20.5 Å². The first-order valence-electron chi connectivity index (χ1n) is 7.88. The van der Waals surface area contributed by atoms with Crippen LogP contribution in [0.1, 0.15) is 28.5 Å². The molecule has 0 saturated heterocycles. The number of benzene rings is 2. The number of hydrogen-bond donors (Lipinski definition) is 0. The predicted molar refractivity (Wildman–Crippen MR) is 95.2 cm³/mol. The second kappa shape index (κ2) is 7.09. The van der Waals surface area contributed by atoms with Gasteiger partial charge in [0, 0.05) is 28.6 Å². The molecule has 0 N–H and O–H groups in total. The molecule has 24 heavy (non-hydrogen) atoms. The van der Waals surface area contributed by atoms with Gasteiger partial charge in [-0.3, -0.25) is 9.78 Å². The van der Waals surface area contributed by atoms with Crippen LogP contribution in [0.2, 0.25) is 0 Å². The highest BCUT2D eigenvalue weighted by molar-refractivity contribution is 5.96. The number of Topliss-reactive ketones (excluding diaryl/α,β-unsaturated/α-hetero) is 1. The fraction of sp³-hybridized carbons (Fsp3) is 0.143. The molecule has 3 nitrogen and oxygen atoms in total. The van der Waals surface area contributed by atoms with Gasteiger partial charge in [-0.2, -0.15) is 0 Å². The van der Waals surface area contributed by atoms with E-state index in [-0.39, 0.29) is 5.78 Å². The Kier molecular flexibility index (Phi) is 4.71. The Hall–Kier alpha value is -2.94. The summed E-state index contributed by atoms with van der Waals surface area (Å²) >= 11 is 0. The molecule has 0 aliphatic rings. The molecule has 3 aromatic rings. The highest BCUT2D eigenvalue weighted by Crippen LogP contribution is 2.31. The predicted octanol–water partition coefficient (Wildman–Crippen LogP) is 4.84. The van der Waals surface area contributed by atoms with Gasteiger partial charge in [0.2, 0.25) is 0 Å². The third-order valence-corrected chi connectivity index (χ3v) is 3.85. The molecule has 0 amide bonds. The Bertz CT molecular complexity index is 839. The van der Waals surface area contributed by atoms with Gasteiger partial charge in [0.25, 0.3) is 0 Å². The van der Waals surface area contributed by atoms with Crippen molar-refractivity contribution in [2.75, 3.05) is 0 Å². The summed E-state index contributed by atoms with van der Waals surface area (Å²) in [6.45, 7) is 3.99. The van der Waals surface area contributed by atoms with Gasteiger partial charge in [-0.25, -0.2) is 0 Å². The zero-order valence-electron chi connectivity index (χ0n) is 13.8. The Labute approximate surface area is 142 Å². The molecule has 1 aromatic heterocycles. The molecule has 0 aliphatic carbocycles. The molecule has 0 fully saturated rings. The fourth-order valence-electron chi connectivity index (χ4n) is 2.46. The van der Waals surface area contributed by atoms with Crippen LogP contribution < -0.4 is 4.74 Å². The molecule has 2 aromatic carbocycles. The molecule has 0 spiro atoms. The Morgan fingerprint density at radius 3 is 2.50 bits per heavy atom. The van der Waals surface area contributed by atoms with Crippen LogP contribution in [0.3, 0.4) is 0 Å². The number of ketones is 1. The van der Waals surface area contributed by atoms with E-state index in [1.165, 1.54) is 0 Å². The summed E-state index contributed by atoms with van der Waals surface area (Å²) in [6.07, 6.45) is 1.81. The Morgan fingerprint density at radius 1 is 1.04 bits per heavy atom. The van der Waals surface area contributed by atoms with Gasteiger partial charge in [0.05, 0.1) is 0 Å². The minimum Gasteiger partial charge on any atom is -0.488 e. The molecule has 0 atom stereocenters. The number of pyridine rings is 1. The lowest BCUT2D eigenvalue weighted by molar-refractivity contribution is 0.101. The summed E-state index contributed by atoms with van der Waals surface area (Å²) in [4.78, 5) is 16.1. The number of hydrogen-bond acceptors (Lipinski definition) is 3.